The SMILES string of the molecule is COC(=O)NC(=S)N(CC(C)CC(N)=O)c1ccccc1C. The molecule has 1 aromatic carbocycles. The van der Waals surface area contributed by atoms with Gasteiger partial charge in [0.15, 0.2) is 5.11 Å². The number of hydrogen-bond acceptors (Lipinski definition) is 4. The number of anilines is 1. The lowest BCUT2D eigenvalue weighted by Crippen LogP contribution is -2.45. The van der Waals surface area contributed by atoms with E-state index in [1.807, 2.05) is 38.1 Å². The molecule has 0 radical (unpaired) electrons. The van der Waals surface area contributed by atoms with Crippen molar-refractivity contribution in [2.45, 2.75) is 20.3 Å². The smallest absolute Gasteiger partial charge is 0.413 e. The molecule has 7 heteroatoms. The molecule has 2 amide bonds. The Hall–Kier alpha value is -2.15. The average molecular weight is 323 g/mol. The summed E-state index contributed by atoms with van der Waals surface area (Å²) in [6, 6.07) is 7.65. The number of aryl methyl sites for hydroxylation is 1. The Morgan fingerprint density at radius 2 is 2.05 bits per heavy atom. The van der Waals surface area contributed by atoms with E-state index in [0.717, 1.165) is 11.3 Å². The Labute approximate surface area is 135 Å². The van der Waals surface area contributed by atoms with Gasteiger partial charge < -0.3 is 15.4 Å². The van der Waals surface area contributed by atoms with Gasteiger partial charge in [0, 0.05) is 18.7 Å². The fourth-order valence-corrected chi connectivity index (χ4v) is 2.34. The van der Waals surface area contributed by atoms with Crippen LogP contribution in [0, 0.1) is 12.8 Å². The van der Waals surface area contributed by atoms with Gasteiger partial charge in [-0.15, -0.1) is 0 Å². The molecule has 1 atom stereocenters. The molecule has 0 saturated carbocycles. The first-order valence-corrected chi connectivity index (χ1v) is 7.26. The van der Waals surface area contributed by atoms with Crippen molar-refractivity contribution in [1.29, 1.82) is 0 Å². The lowest BCUT2D eigenvalue weighted by molar-refractivity contribution is -0.118. The molecule has 120 valence electrons. The minimum atomic E-state index is -0.633. The highest BCUT2D eigenvalue weighted by molar-refractivity contribution is 7.80. The van der Waals surface area contributed by atoms with Gasteiger partial charge in [-0.3, -0.25) is 10.1 Å². The highest BCUT2D eigenvalue weighted by Crippen LogP contribution is 2.21. The number of rotatable bonds is 5. The van der Waals surface area contributed by atoms with Crippen molar-refractivity contribution >= 4 is 35.0 Å². The van der Waals surface area contributed by atoms with Crippen molar-refractivity contribution in [3.8, 4) is 0 Å². The number of thiocarbonyl (C=S) groups is 1. The quantitative estimate of drug-likeness (QED) is 0.809. The van der Waals surface area contributed by atoms with Crippen LogP contribution in [0.15, 0.2) is 24.3 Å². The molecule has 0 bridgehead atoms. The number of hydrogen-bond donors (Lipinski definition) is 2. The molecule has 0 spiro atoms. The van der Waals surface area contributed by atoms with Crippen molar-refractivity contribution < 1.29 is 14.3 Å². The maximum atomic E-state index is 11.4. The van der Waals surface area contributed by atoms with E-state index < -0.39 is 6.09 Å². The second-order valence-electron chi connectivity index (χ2n) is 5.09. The van der Waals surface area contributed by atoms with Crippen LogP contribution in [0.4, 0.5) is 10.5 Å². The zero-order valence-corrected chi connectivity index (χ0v) is 13.8. The predicted octanol–water partition coefficient (Wildman–Crippen LogP) is 1.95. The Morgan fingerprint density at radius 1 is 1.41 bits per heavy atom. The molecule has 1 rings (SSSR count). The summed E-state index contributed by atoms with van der Waals surface area (Å²) in [5, 5.41) is 2.71. The third kappa shape index (κ3) is 5.33. The molecule has 0 heterocycles. The van der Waals surface area contributed by atoms with E-state index in [1.165, 1.54) is 7.11 Å². The second-order valence-corrected chi connectivity index (χ2v) is 5.48. The van der Waals surface area contributed by atoms with Crippen LogP contribution < -0.4 is 16.0 Å². The maximum Gasteiger partial charge on any atom is 0.413 e. The minimum absolute atomic E-state index is 0.0190. The summed E-state index contributed by atoms with van der Waals surface area (Å²) in [5.41, 5.74) is 7.10. The van der Waals surface area contributed by atoms with E-state index >= 15 is 0 Å². The van der Waals surface area contributed by atoms with Gasteiger partial charge in [-0.05, 0) is 36.7 Å². The van der Waals surface area contributed by atoms with E-state index in [-0.39, 0.29) is 23.4 Å². The van der Waals surface area contributed by atoms with Crippen LogP contribution in [0.1, 0.15) is 18.9 Å². The van der Waals surface area contributed by atoms with E-state index in [2.05, 4.69) is 10.1 Å². The molecular formula is C15H21N3O3S. The average Bonchev–Trinajstić information content (AvgIpc) is 2.44. The summed E-state index contributed by atoms with van der Waals surface area (Å²) >= 11 is 5.29. The van der Waals surface area contributed by atoms with E-state index in [1.54, 1.807) is 4.90 Å². The van der Waals surface area contributed by atoms with Gasteiger partial charge in [0.1, 0.15) is 0 Å². The molecule has 0 aliphatic rings. The number of nitrogens with one attached hydrogen (secondary N) is 1. The van der Waals surface area contributed by atoms with Gasteiger partial charge in [0.2, 0.25) is 5.91 Å². The monoisotopic (exact) mass is 323 g/mol. The largest absolute Gasteiger partial charge is 0.453 e. The van der Waals surface area contributed by atoms with Crippen LogP contribution in [-0.4, -0.2) is 30.8 Å². The molecule has 0 aromatic heterocycles. The van der Waals surface area contributed by atoms with Crippen LogP contribution in [0.3, 0.4) is 0 Å². The number of methoxy groups -OCH3 is 1. The standard InChI is InChI=1S/C15H21N3O3S/c1-10(8-13(16)19)9-18(14(22)17-15(20)21-3)12-7-5-4-6-11(12)2/h4-7,10H,8-9H2,1-3H3,(H2,16,19)(H,17,20,22). The number of nitrogens with two attached hydrogens (primary N) is 1. The molecule has 0 saturated heterocycles. The molecule has 6 nitrogen and oxygen atoms in total. The number of alkyl carbamates (subject to hydrolysis) is 1. The number of ether oxygens (including phenoxy) is 1. The summed E-state index contributed by atoms with van der Waals surface area (Å²) in [5.74, 6) is -0.390. The Balaban J connectivity index is 2.99. The number of primary amides is 1. The molecule has 1 aromatic rings. The van der Waals surface area contributed by atoms with Crippen LogP contribution in [0.25, 0.3) is 0 Å². The summed E-state index contributed by atoms with van der Waals surface area (Å²) < 4.78 is 4.57. The van der Waals surface area contributed by atoms with Crippen molar-refractivity contribution in [2.24, 2.45) is 11.7 Å². The van der Waals surface area contributed by atoms with E-state index in [0.29, 0.717) is 6.54 Å². The number of nitrogens with zero attached hydrogens (tertiary/aromatic N) is 1. The van der Waals surface area contributed by atoms with Gasteiger partial charge in [0.05, 0.1) is 7.11 Å². The molecule has 3 N–H and O–H groups in total. The Morgan fingerprint density at radius 3 is 2.59 bits per heavy atom. The van der Waals surface area contributed by atoms with Crippen molar-refractivity contribution in [1.82, 2.24) is 5.32 Å². The van der Waals surface area contributed by atoms with Crippen LogP contribution >= 0.6 is 12.2 Å². The lowest BCUT2D eigenvalue weighted by Gasteiger charge is -2.29. The fourth-order valence-electron chi connectivity index (χ4n) is 2.08. The number of carbonyl (C=O) groups is 2. The first-order valence-electron chi connectivity index (χ1n) is 6.85. The van der Waals surface area contributed by atoms with Crippen LogP contribution in [0.5, 0.6) is 0 Å². The predicted molar refractivity (Wildman–Crippen MR) is 89.6 cm³/mol. The molecule has 22 heavy (non-hydrogen) atoms. The van der Waals surface area contributed by atoms with Gasteiger partial charge >= 0.3 is 6.09 Å². The zero-order chi connectivity index (χ0) is 16.7. The van der Waals surface area contributed by atoms with Gasteiger partial charge in [-0.2, -0.15) is 0 Å². The number of carbonyl (C=O) groups excluding carboxylic acids is 2. The highest BCUT2D eigenvalue weighted by atomic mass is 32.1. The van der Waals surface area contributed by atoms with Crippen LogP contribution in [-0.2, 0) is 9.53 Å². The number of benzene rings is 1. The topological polar surface area (TPSA) is 84.7 Å². The third-order valence-electron chi connectivity index (χ3n) is 3.09. The molecule has 1 unspecified atom stereocenters. The third-order valence-corrected chi connectivity index (χ3v) is 3.41. The van der Waals surface area contributed by atoms with Crippen molar-refractivity contribution in [3.05, 3.63) is 29.8 Å². The number of amides is 2. The summed E-state index contributed by atoms with van der Waals surface area (Å²) in [6.45, 7) is 4.30. The maximum absolute atomic E-state index is 11.4. The van der Waals surface area contributed by atoms with Gasteiger partial charge in [-0.25, -0.2) is 4.79 Å². The second kappa shape index (κ2) is 8.33. The summed E-state index contributed by atoms with van der Waals surface area (Å²) in [6.07, 6.45) is -0.394. The molecular weight excluding hydrogens is 302 g/mol. The van der Waals surface area contributed by atoms with Gasteiger partial charge in [0.25, 0.3) is 0 Å². The summed E-state index contributed by atoms with van der Waals surface area (Å²) in [7, 11) is 1.27. The fraction of sp³-hybridized carbons (Fsp3) is 0.400. The highest BCUT2D eigenvalue weighted by Gasteiger charge is 2.20. The first kappa shape index (κ1) is 17.9. The van der Waals surface area contributed by atoms with E-state index in [4.69, 9.17) is 18.0 Å². The van der Waals surface area contributed by atoms with E-state index in [9.17, 15) is 9.59 Å². The minimum Gasteiger partial charge on any atom is -0.453 e. The summed E-state index contributed by atoms with van der Waals surface area (Å²) in [4.78, 5) is 24.2. The van der Waals surface area contributed by atoms with Crippen LogP contribution in [0.2, 0.25) is 0 Å². The molecule has 0 aliphatic heterocycles. The van der Waals surface area contributed by atoms with Crippen molar-refractivity contribution in [2.75, 3.05) is 18.6 Å². The normalized spacial score (nSPS) is 11.4. The first-order chi connectivity index (χ1) is 10.3. The molecule has 0 fully saturated rings. The lowest BCUT2D eigenvalue weighted by atomic mass is 10.1. The number of para-hydroxylation sites is 1. The van der Waals surface area contributed by atoms with Gasteiger partial charge in [-0.1, -0.05) is 25.1 Å². The molecule has 0 aliphatic carbocycles. The zero-order valence-electron chi connectivity index (χ0n) is 13.0. The van der Waals surface area contributed by atoms with Crippen molar-refractivity contribution in [3.63, 3.8) is 0 Å². The Kier molecular flexibility index (Phi) is 6.78. The Bertz CT molecular complexity index is 563.